The Morgan fingerprint density at radius 1 is 1.19 bits per heavy atom. The lowest BCUT2D eigenvalue weighted by molar-refractivity contribution is -0.118. The number of hydrogen-bond acceptors (Lipinski definition) is 3. The van der Waals surface area contributed by atoms with Gasteiger partial charge in [-0.2, -0.15) is 0 Å². The van der Waals surface area contributed by atoms with Gasteiger partial charge in [0, 0.05) is 6.54 Å². The topological polar surface area (TPSA) is 58.6 Å². The highest BCUT2D eigenvalue weighted by molar-refractivity contribution is 5.67. The van der Waals surface area contributed by atoms with Gasteiger partial charge in [-0.15, -0.1) is 0 Å². The zero-order valence-corrected chi connectivity index (χ0v) is 13.5. The van der Waals surface area contributed by atoms with Gasteiger partial charge in [0.2, 0.25) is 0 Å². The van der Waals surface area contributed by atoms with Crippen LogP contribution in [0.2, 0.25) is 0 Å². The predicted octanol–water partition coefficient (Wildman–Crippen LogP) is 3.09. The number of nitrogens with one attached hydrogen (secondary N) is 1. The van der Waals surface area contributed by atoms with Crippen molar-refractivity contribution in [2.24, 2.45) is 23.2 Å². The molecule has 0 heterocycles. The normalized spacial score (nSPS) is 39.1. The van der Waals surface area contributed by atoms with Crippen molar-refractivity contribution in [3.8, 4) is 0 Å². The molecule has 4 heteroatoms. The van der Waals surface area contributed by atoms with Gasteiger partial charge in [-0.3, -0.25) is 0 Å². The molecule has 0 aromatic carbocycles. The zero-order chi connectivity index (χ0) is 15.3. The first-order valence-corrected chi connectivity index (χ1v) is 8.41. The summed E-state index contributed by atoms with van der Waals surface area (Å²) in [6, 6.07) is 0. The number of aliphatic hydroxyl groups is 1. The molecule has 0 aliphatic heterocycles. The quantitative estimate of drug-likeness (QED) is 0.841. The summed E-state index contributed by atoms with van der Waals surface area (Å²) in [5.41, 5.74) is -0.431. The number of rotatable bonds is 3. The van der Waals surface area contributed by atoms with E-state index in [0.29, 0.717) is 6.54 Å². The Morgan fingerprint density at radius 2 is 1.67 bits per heavy atom. The number of ether oxygens (including phenoxy) is 1. The van der Waals surface area contributed by atoms with E-state index in [2.05, 4.69) is 5.32 Å². The van der Waals surface area contributed by atoms with E-state index in [-0.39, 0.29) is 5.41 Å². The molecule has 2 N–H and O–H groups in total. The molecule has 0 aromatic heterocycles. The fraction of sp³-hybridized carbons (Fsp3) is 0.941. The number of carbonyl (C=O) groups excluding carboxylic acids is 1. The minimum atomic E-state index is -0.490. The monoisotopic (exact) mass is 295 g/mol. The van der Waals surface area contributed by atoms with E-state index in [9.17, 15) is 9.90 Å². The second-order valence-corrected chi connectivity index (χ2v) is 8.68. The Bertz CT molecular complexity index is 377. The highest BCUT2D eigenvalue weighted by Gasteiger charge is 2.53. The third-order valence-electron chi connectivity index (χ3n) is 5.63. The molecular formula is C17H29NO3. The lowest BCUT2D eigenvalue weighted by Gasteiger charge is -2.58. The van der Waals surface area contributed by atoms with Crippen LogP contribution in [0.5, 0.6) is 0 Å². The molecule has 1 atom stereocenters. The molecule has 0 aromatic rings. The van der Waals surface area contributed by atoms with Gasteiger partial charge in [0.15, 0.2) is 0 Å². The summed E-state index contributed by atoms with van der Waals surface area (Å²) in [6.07, 6.45) is 6.69. The molecule has 4 bridgehead atoms. The van der Waals surface area contributed by atoms with Gasteiger partial charge in [0.1, 0.15) is 5.60 Å². The van der Waals surface area contributed by atoms with E-state index in [4.69, 9.17) is 4.74 Å². The Hall–Kier alpha value is -0.770. The molecule has 0 radical (unpaired) electrons. The van der Waals surface area contributed by atoms with Crippen LogP contribution in [0.25, 0.3) is 0 Å². The summed E-state index contributed by atoms with van der Waals surface area (Å²) >= 11 is 0. The van der Waals surface area contributed by atoms with Gasteiger partial charge in [-0.1, -0.05) is 0 Å². The van der Waals surface area contributed by atoms with Crippen molar-refractivity contribution >= 4 is 6.09 Å². The maximum atomic E-state index is 11.7. The molecule has 21 heavy (non-hydrogen) atoms. The Kier molecular flexibility index (Phi) is 3.71. The van der Waals surface area contributed by atoms with E-state index < -0.39 is 17.8 Å². The van der Waals surface area contributed by atoms with E-state index in [1.54, 1.807) is 0 Å². The zero-order valence-electron chi connectivity index (χ0n) is 13.5. The van der Waals surface area contributed by atoms with Gasteiger partial charge >= 0.3 is 6.09 Å². The van der Waals surface area contributed by atoms with Crippen LogP contribution < -0.4 is 5.32 Å². The Morgan fingerprint density at radius 3 is 2.10 bits per heavy atom. The predicted molar refractivity (Wildman–Crippen MR) is 80.8 cm³/mol. The smallest absolute Gasteiger partial charge is 0.407 e. The van der Waals surface area contributed by atoms with Crippen molar-refractivity contribution in [3.05, 3.63) is 0 Å². The number of alkyl carbamates (subject to hydrolysis) is 1. The highest BCUT2D eigenvalue weighted by Crippen LogP contribution is 2.61. The largest absolute Gasteiger partial charge is 0.444 e. The summed E-state index contributed by atoms with van der Waals surface area (Å²) < 4.78 is 5.25. The van der Waals surface area contributed by atoms with Crippen LogP contribution in [0.3, 0.4) is 0 Å². The lowest BCUT2D eigenvalue weighted by Crippen LogP contribution is -2.54. The van der Waals surface area contributed by atoms with Crippen LogP contribution in [0, 0.1) is 23.2 Å². The van der Waals surface area contributed by atoms with Crippen molar-refractivity contribution in [1.82, 2.24) is 5.32 Å². The molecule has 1 amide bonds. The first-order valence-electron chi connectivity index (χ1n) is 8.41. The molecule has 1 unspecified atom stereocenters. The minimum absolute atomic E-state index is 0.0593. The van der Waals surface area contributed by atoms with Crippen molar-refractivity contribution in [1.29, 1.82) is 0 Å². The maximum absolute atomic E-state index is 11.7. The van der Waals surface area contributed by atoms with Crippen molar-refractivity contribution in [2.45, 2.75) is 71.0 Å². The number of amides is 1. The van der Waals surface area contributed by atoms with E-state index in [1.165, 1.54) is 19.3 Å². The minimum Gasteiger partial charge on any atom is -0.444 e. The first kappa shape index (κ1) is 15.1. The van der Waals surface area contributed by atoms with Crippen LogP contribution in [0.15, 0.2) is 0 Å². The van der Waals surface area contributed by atoms with E-state index >= 15 is 0 Å². The van der Waals surface area contributed by atoms with Gasteiger partial charge in [-0.25, -0.2) is 4.79 Å². The molecule has 0 spiro atoms. The van der Waals surface area contributed by atoms with Crippen LogP contribution in [-0.4, -0.2) is 29.4 Å². The average Bonchev–Trinajstić information content (AvgIpc) is 2.32. The number of hydrogen-bond donors (Lipinski definition) is 2. The van der Waals surface area contributed by atoms with Crippen LogP contribution in [0.4, 0.5) is 4.79 Å². The van der Waals surface area contributed by atoms with Crippen molar-refractivity contribution in [3.63, 3.8) is 0 Å². The fourth-order valence-electron chi connectivity index (χ4n) is 5.30. The maximum Gasteiger partial charge on any atom is 0.407 e. The average molecular weight is 295 g/mol. The molecule has 4 rings (SSSR count). The molecule has 4 aliphatic carbocycles. The van der Waals surface area contributed by atoms with Crippen molar-refractivity contribution in [2.75, 3.05) is 6.54 Å². The number of aliphatic hydroxyl groups excluding tert-OH is 1. The Balaban J connectivity index is 1.56. The Labute approximate surface area is 127 Å². The molecule has 120 valence electrons. The molecule has 4 nitrogen and oxygen atoms in total. The first-order chi connectivity index (χ1) is 9.76. The fourth-order valence-corrected chi connectivity index (χ4v) is 5.30. The van der Waals surface area contributed by atoms with E-state index in [0.717, 1.165) is 37.0 Å². The summed E-state index contributed by atoms with van der Waals surface area (Å²) in [5.74, 6) is 2.44. The van der Waals surface area contributed by atoms with Crippen LogP contribution in [-0.2, 0) is 4.74 Å². The number of carbonyl (C=O) groups is 1. The summed E-state index contributed by atoms with van der Waals surface area (Å²) in [7, 11) is 0. The van der Waals surface area contributed by atoms with Crippen LogP contribution in [0.1, 0.15) is 59.3 Å². The molecular weight excluding hydrogens is 266 g/mol. The second kappa shape index (κ2) is 5.15. The summed E-state index contributed by atoms with van der Waals surface area (Å²) in [4.78, 5) is 11.7. The molecule has 4 aliphatic rings. The highest BCUT2D eigenvalue weighted by atomic mass is 16.6. The second-order valence-electron chi connectivity index (χ2n) is 8.68. The summed E-state index contributed by atoms with van der Waals surface area (Å²) in [5, 5.41) is 13.4. The third kappa shape index (κ3) is 3.20. The van der Waals surface area contributed by atoms with Gasteiger partial charge in [-0.05, 0) is 82.5 Å². The third-order valence-corrected chi connectivity index (χ3v) is 5.63. The van der Waals surface area contributed by atoms with Gasteiger partial charge < -0.3 is 15.2 Å². The summed E-state index contributed by atoms with van der Waals surface area (Å²) in [6.45, 7) is 5.87. The lowest BCUT2D eigenvalue weighted by atomic mass is 9.48. The standard InChI is InChI=1S/C17H29NO3/c1-16(2,3)21-15(20)18-10-14(19)17-7-11-4-12(8-17)6-13(5-11)9-17/h11-14,19H,4-10H2,1-3H3,(H,18,20). The van der Waals surface area contributed by atoms with Gasteiger partial charge in [0.05, 0.1) is 6.10 Å². The van der Waals surface area contributed by atoms with E-state index in [1.807, 2.05) is 20.8 Å². The van der Waals surface area contributed by atoms with Gasteiger partial charge in [0.25, 0.3) is 0 Å². The van der Waals surface area contributed by atoms with Crippen molar-refractivity contribution < 1.29 is 14.6 Å². The molecule has 4 saturated carbocycles. The molecule has 0 saturated heterocycles. The van der Waals surface area contributed by atoms with Crippen LogP contribution >= 0.6 is 0 Å². The molecule has 4 fully saturated rings. The SMILES string of the molecule is CC(C)(C)OC(=O)NCC(O)C12CC3CC(CC(C3)C1)C2.